The lowest BCUT2D eigenvalue weighted by atomic mass is 10.2. The van der Waals surface area contributed by atoms with Crippen LogP contribution in [0.4, 0.5) is 0 Å². The summed E-state index contributed by atoms with van der Waals surface area (Å²) in [6.45, 7) is 2.91. The summed E-state index contributed by atoms with van der Waals surface area (Å²) in [6.07, 6.45) is 6.20. The minimum atomic E-state index is 0.204. The maximum Gasteiger partial charge on any atom is 0.236 e. The van der Waals surface area contributed by atoms with Gasteiger partial charge in [-0.2, -0.15) is 0 Å². The van der Waals surface area contributed by atoms with Crippen LogP contribution in [0.2, 0.25) is 0 Å². The van der Waals surface area contributed by atoms with E-state index in [-0.39, 0.29) is 5.91 Å². The van der Waals surface area contributed by atoms with Crippen LogP contribution in [-0.2, 0) is 11.3 Å². The summed E-state index contributed by atoms with van der Waals surface area (Å²) < 4.78 is 2.14. The Labute approximate surface area is 134 Å². The van der Waals surface area contributed by atoms with Crippen LogP contribution >= 0.6 is 0 Å². The van der Waals surface area contributed by atoms with E-state index in [0.29, 0.717) is 13.1 Å². The van der Waals surface area contributed by atoms with Crippen LogP contribution in [-0.4, -0.2) is 39.8 Å². The van der Waals surface area contributed by atoms with Gasteiger partial charge in [-0.3, -0.25) is 9.78 Å². The molecule has 5 nitrogen and oxygen atoms in total. The molecule has 1 amide bonds. The van der Waals surface area contributed by atoms with E-state index < -0.39 is 0 Å². The molecule has 3 aromatic rings. The maximum absolute atomic E-state index is 12.0. The Kier molecular flexibility index (Phi) is 3.71. The Hall–Kier alpha value is -2.40. The summed E-state index contributed by atoms with van der Waals surface area (Å²) in [5.74, 6) is 0.204. The largest absolute Gasteiger partial charge is 0.342 e. The minimum absolute atomic E-state index is 0.204. The second-order valence-electron chi connectivity index (χ2n) is 6.08. The van der Waals surface area contributed by atoms with Gasteiger partial charge in [0.15, 0.2) is 0 Å². The summed E-state index contributed by atoms with van der Waals surface area (Å²) in [4.78, 5) is 18.5. The Morgan fingerprint density at radius 1 is 1.22 bits per heavy atom. The topological polar surface area (TPSA) is 49.6 Å². The number of nitrogens with one attached hydrogen (secondary N) is 1. The first kappa shape index (κ1) is 14.2. The lowest BCUT2D eigenvalue weighted by Crippen LogP contribution is -2.35. The molecule has 1 aliphatic rings. The lowest BCUT2D eigenvalue weighted by molar-refractivity contribution is -0.129. The number of aromatic nitrogens is 2. The number of hydrogen-bond donors (Lipinski definition) is 1. The monoisotopic (exact) mass is 308 g/mol. The SMILES string of the molecule is O=C(CNCc1ccc2c(c1)ncc1cccn12)N1CCCC1. The zero-order chi connectivity index (χ0) is 15.6. The Bertz CT molecular complexity index is 848. The van der Waals surface area contributed by atoms with Crippen molar-refractivity contribution in [1.29, 1.82) is 0 Å². The van der Waals surface area contributed by atoms with Gasteiger partial charge in [0.1, 0.15) is 0 Å². The third-order valence-corrected chi connectivity index (χ3v) is 4.48. The molecule has 1 aliphatic heterocycles. The molecule has 5 heteroatoms. The normalized spacial score (nSPS) is 14.9. The highest BCUT2D eigenvalue weighted by atomic mass is 16.2. The molecule has 0 saturated carbocycles. The summed E-state index contributed by atoms with van der Waals surface area (Å²) >= 11 is 0. The Balaban J connectivity index is 1.44. The molecule has 0 aliphatic carbocycles. The minimum Gasteiger partial charge on any atom is -0.342 e. The van der Waals surface area contributed by atoms with Crippen LogP contribution in [0.5, 0.6) is 0 Å². The second-order valence-corrected chi connectivity index (χ2v) is 6.08. The van der Waals surface area contributed by atoms with Crippen molar-refractivity contribution in [2.45, 2.75) is 19.4 Å². The van der Waals surface area contributed by atoms with Crippen LogP contribution in [0.15, 0.2) is 42.7 Å². The van der Waals surface area contributed by atoms with Crippen molar-refractivity contribution in [3.05, 3.63) is 48.3 Å². The van der Waals surface area contributed by atoms with Crippen LogP contribution in [0.3, 0.4) is 0 Å². The fourth-order valence-corrected chi connectivity index (χ4v) is 3.23. The zero-order valence-corrected chi connectivity index (χ0v) is 13.0. The zero-order valence-electron chi connectivity index (χ0n) is 13.0. The number of likely N-dealkylation sites (tertiary alicyclic amines) is 1. The average Bonchev–Trinajstić information content (AvgIpc) is 3.26. The first-order chi connectivity index (χ1) is 11.3. The van der Waals surface area contributed by atoms with Crippen molar-refractivity contribution < 1.29 is 4.79 Å². The van der Waals surface area contributed by atoms with E-state index >= 15 is 0 Å². The first-order valence-electron chi connectivity index (χ1n) is 8.14. The van der Waals surface area contributed by atoms with Gasteiger partial charge >= 0.3 is 0 Å². The van der Waals surface area contributed by atoms with E-state index in [1.807, 2.05) is 29.4 Å². The molecule has 0 atom stereocenters. The van der Waals surface area contributed by atoms with Gasteiger partial charge in [-0.15, -0.1) is 0 Å². The number of fused-ring (bicyclic) bond motifs is 3. The molecule has 0 unspecified atom stereocenters. The van der Waals surface area contributed by atoms with E-state index in [4.69, 9.17) is 0 Å². The van der Waals surface area contributed by atoms with Crippen molar-refractivity contribution in [1.82, 2.24) is 19.6 Å². The molecule has 3 heterocycles. The second kappa shape index (κ2) is 6.01. The third kappa shape index (κ3) is 2.80. The number of amides is 1. The van der Waals surface area contributed by atoms with Gasteiger partial charge in [-0.25, -0.2) is 0 Å². The van der Waals surface area contributed by atoms with E-state index in [9.17, 15) is 4.79 Å². The van der Waals surface area contributed by atoms with Crippen molar-refractivity contribution in [3.8, 4) is 0 Å². The van der Waals surface area contributed by atoms with E-state index in [0.717, 1.165) is 48.0 Å². The number of nitrogens with zero attached hydrogens (tertiary/aromatic N) is 3. The van der Waals surface area contributed by atoms with Gasteiger partial charge < -0.3 is 14.6 Å². The lowest BCUT2D eigenvalue weighted by Gasteiger charge is -2.15. The summed E-state index contributed by atoms with van der Waals surface area (Å²) in [7, 11) is 0. The molecule has 1 fully saturated rings. The van der Waals surface area contributed by atoms with Crippen molar-refractivity contribution in [2.75, 3.05) is 19.6 Å². The van der Waals surface area contributed by atoms with Gasteiger partial charge in [0.2, 0.25) is 5.91 Å². The molecule has 1 aromatic carbocycles. The first-order valence-corrected chi connectivity index (χ1v) is 8.14. The number of benzene rings is 1. The standard InChI is InChI=1S/C18H20N4O/c23-18(21-7-1-2-8-21)13-19-11-14-5-6-17-16(10-14)20-12-15-4-3-9-22(15)17/h3-6,9-10,12,19H,1-2,7-8,11,13H2. The van der Waals surface area contributed by atoms with Gasteiger partial charge in [0.05, 0.1) is 29.3 Å². The highest BCUT2D eigenvalue weighted by molar-refractivity contribution is 5.79. The van der Waals surface area contributed by atoms with Gasteiger partial charge in [-0.05, 0) is 42.7 Å². The molecule has 23 heavy (non-hydrogen) atoms. The van der Waals surface area contributed by atoms with E-state index in [1.54, 1.807) is 0 Å². The molecule has 0 bridgehead atoms. The highest BCUT2D eigenvalue weighted by Crippen LogP contribution is 2.17. The average molecular weight is 308 g/mol. The van der Waals surface area contributed by atoms with Crippen molar-refractivity contribution in [2.24, 2.45) is 0 Å². The molecule has 0 spiro atoms. The van der Waals surface area contributed by atoms with Gasteiger partial charge in [0, 0.05) is 25.8 Å². The fraction of sp³-hybridized carbons (Fsp3) is 0.333. The van der Waals surface area contributed by atoms with Crippen LogP contribution in [0, 0.1) is 0 Å². The number of carbonyl (C=O) groups is 1. The molecule has 2 aromatic heterocycles. The summed E-state index contributed by atoms with van der Waals surface area (Å²) in [6, 6.07) is 10.3. The molecule has 0 radical (unpaired) electrons. The molecule has 4 rings (SSSR count). The van der Waals surface area contributed by atoms with Gasteiger partial charge in [0.25, 0.3) is 0 Å². The Morgan fingerprint density at radius 2 is 2.09 bits per heavy atom. The van der Waals surface area contributed by atoms with Crippen molar-refractivity contribution >= 4 is 22.5 Å². The smallest absolute Gasteiger partial charge is 0.236 e. The van der Waals surface area contributed by atoms with Crippen LogP contribution < -0.4 is 5.32 Å². The van der Waals surface area contributed by atoms with E-state index in [1.165, 1.54) is 0 Å². The van der Waals surface area contributed by atoms with Crippen molar-refractivity contribution in [3.63, 3.8) is 0 Å². The summed E-state index contributed by atoms with van der Waals surface area (Å²) in [5, 5.41) is 3.25. The third-order valence-electron chi connectivity index (χ3n) is 4.48. The number of rotatable bonds is 4. The predicted octanol–water partition coefficient (Wildman–Crippen LogP) is 2.20. The molecule has 1 N–H and O–H groups in total. The molecule has 118 valence electrons. The number of carbonyl (C=O) groups excluding carboxylic acids is 1. The van der Waals surface area contributed by atoms with Crippen LogP contribution in [0.1, 0.15) is 18.4 Å². The number of hydrogen-bond acceptors (Lipinski definition) is 3. The van der Waals surface area contributed by atoms with E-state index in [2.05, 4.69) is 32.9 Å². The molecular formula is C18H20N4O. The molecule has 1 saturated heterocycles. The van der Waals surface area contributed by atoms with Crippen LogP contribution in [0.25, 0.3) is 16.6 Å². The quantitative estimate of drug-likeness (QED) is 0.804. The maximum atomic E-state index is 12.0. The predicted molar refractivity (Wildman–Crippen MR) is 90.2 cm³/mol. The summed E-state index contributed by atoms with van der Waals surface area (Å²) in [5.41, 5.74) is 4.31. The fourth-order valence-electron chi connectivity index (χ4n) is 3.23. The van der Waals surface area contributed by atoms with Gasteiger partial charge in [-0.1, -0.05) is 6.07 Å². The molecular weight excluding hydrogens is 288 g/mol. The Morgan fingerprint density at radius 3 is 2.96 bits per heavy atom. The highest BCUT2D eigenvalue weighted by Gasteiger charge is 2.16.